The molecule has 4 heteroatoms. The van der Waals surface area contributed by atoms with Crippen LogP contribution in [0.5, 0.6) is 5.75 Å². The molecule has 0 spiro atoms. The molecule has 2 N–H and O–H groups in total. The first-order valence-electron chi connectivity index (χ1n) is 5.46. The molecule has 2 nitrogen and oxygen atoms in total. The number of ether oxygens (including phenoxy) is 1. The zero-order chi connectivity index (χ0) is 13.1. The predicted octanol–water partition coefficient (Wildman–Crippen LogP) is 4.27. The van der Waals surface area contributed by atoms with Crippen molar-refractivity contribution in [2.75, 3.05) is 7.11 Å². The van der Waals surface area contributed by atoms with Crippen molar-refractivity contribution in [2.24, 2.45) is 5.73 Å². The molecule has 0 bridgehead atoms. The van der Waals surface area contributed by atoms with Crippen LogP contribution in [0.15, 0.2) is 51.4 Å². The summed E-state index contributed by atoms with van der Waals surface area (Å²) < 4.78 is 7.23. The molecule has 0 fully saturated rings. The van der Waals surface area contributed by atoms with Crippen molar-refractivity contribution >= 4 is 31.9 Å². The van der Waals surface area contributed by atoms with Crippen molar-refractivity contribution in [3.05, 3.63) is 62.5 Å². The van der Waals surface area contributed by atoms with E-state index in [2.05, 4.69) is 31.9 Å². The van der Waals surface area contributed by atoms with Crippen molar-refractivity contribution in [3.63, 3.8) is 0 Å². The van der Waals surface area contributed by atoms with Crippen molar-refractivity contribution in [1.82, 2.24) is 0 Å². The maximum atomic E-state index is 6.29. The van der Waals surface area contributed by atoms with Crippen LogP contribution in [0.2, 0.25) is 0 Å². The molecule has 18 heavy (non-hydrogen) atoms. The zero-order valence-corrected chi connectivity index (χ0v) is 13.0. The van der Waals surface area contributed by atoms with Gasteiger partial charge in [-0.1, -0.05) is 50.1 Å². The topological polar surface area (TPSA) is 35.2 Å². The van der Waals surface area contributed by atoms with Crippen molar-refractivity contribution < 1.29 is 4.74 Å². The van der Waals surface area contributed by atoms with E-state index >= 15 is 0 Å². The predicted molar refractivity (Wildman–Crippen MR) is 80.9 cm³/mol. The average molecular weight is 371 g/mol. The summed E-state index contributed by atoms with van der Waals surface area (Å²) in [7, 11) is 1.65. The lowest BCUT2D eigenvalue weighted by Gasteiger charge is -2.15. The SMILES string of the molecule is COc1cccc(C(N)c2ccc(Br)cc2Br)c1. The molecule has 0 aromatic heterocycles. The summed E-state index contributed by atoms with van der Waals surface area (Å²) in [6.45, 7) is 0. The molecule has 0 aliphatic carbocycles. The second-order valence-electron chi connectivity index (χ2n) is 3.92. The van der Waals surface area contributed by atoms with Crippen molar-refractivity contribution in [1.29, 1.82) is 0 Å². The Kier molecular flexibility index (Phi) is 4.43. The van der Waals surface area contributed by atoms with Gasteiger partial charge in [0.15, 0.2) is 0 Å². The highest BCUT2D eigenvalue weighted by Gasteiger charge is 2.13. The van der Waals surface area contributed by atoms with E-state index in [1.807, 2.05) is 42.5 Å². The molecule has 1 atom stereocenters. The molecular formula is C14H13Br2NO. The standard InChI is InChI=1S/C14H13Br2NO/c1-18-11-4-2-3-9(7-11)14(17)12-6-5-10(15)8-13(12)16/h2-8,14H,17H2,1H3. The number of benzene rings is 2. The van der Waals surface area contributed by atoms with Crippen LogP contribution in [0.4, 0.5) is 0 Å². The van der Waals surface area contributed by atoms with Gasteiger partial charge in [-0.05, 0) is 35.4 Å². The molecule has 2 aromatic carbocycles. The summed E-state index contributed by atoms with van der Waals surface area (Å²) in [5.74, 6) is 0.816. The van der Waals surface area contributed by atoms with Gasteiger partial charge in [0.25, 0.3) is 0 Å². The Morgan fingerprint density at radius 2 is 1.89 bits per heavy atom. The van der Waals surface area contributed by atoms with E-state index in [9.17, 15) is 0 Å². The minimum Gasteiger partial charge on any atom is -0.497 e. The number of methoxy groups -OCH3 is 1. The molecule has 0 saturated heterocycles. The minimum absolute atomic E-state index is 0.178. The smallest absolute Gasteiger partial charge is 0.119 e. The molecule has 94 valence electrons. The Hall–Kier alpha value is -0.840. The Morgan fingerprint density at radius 1 is 1.11 bits per heavy atom. The van der Waals surface area contributed by atoms with E-state index in [0.717, 1.165) is 25.8 Å². The second kappa shape index (κ2) is 5.87. The van der Waals surface area contributed by atoms with Crippen LogP contribution in [0.25, 0.3) is 0 Å². The van der Waals surface area contributed by atoms with E-state index in [0.29, 0.717) is 0 Å². The fourth-order valence-corrected chi connectivity index (χ4v) is 3.06. The fourth-order valence-electron chi connectivity index (χ4n) is 1.77. The molecule has 1 unspecified atom stereocenters. The van der Waals surface area contributed by atoms with Gasteiger partial charge in [0, 0.05) is 8.95 Å². The number of hydrogen-bond acceptors (Lipinski definition) is 2. The number of rotatable bonds is 3. The van der Waals surface area contributed by atoms with Crippen LogP contribution < -0.4 is 10.5 Å². The van der Waals surface area contributed by atoms with Crippen molar-refractivity contribution in [3.8, 4) is 5.75 Å². The van der Waals surface area contributed by atoms with Gasteiger partial charge in [-0.2, -0.15) is 0 Å². The molecule has 0 radical (unpaired) electrons. The summed E-state index contributed by atoms with van der Waals surface area (Å²) in [5, 5.41) is 0. The fraction of sp³-hybridized carbons (Fsp3) is 0.143. The molecule has 2 rings (SSSR count). The summed E-state index contributed by atoms with van der Waals surface area (Å²) >= 11 is 6.97. The lowest BCUT2D eigenvalue weighted by atomic mass is 9.99. The summed E-state index contributed by atoms with van der Waals surface area (Å²) in [6, 6.07) is 13.6. The third-order valence-electron chi connectivity index (χ3n) is 2.75. The molecule has 0 aliphatic heterocycles. The summed E-state index contributed by atoms with van der Waals surface area (Å²) in [6.07, 6.45) is 0. The van der Waals surface area contributed by atoms with Gasteiger partial charge in [-0.25, -0.2) is 0 Å². The number of nitrogens with two attached hydrogens (primary N) is 1. The second-order valence-corrected chi connectivity index (χ2v) is 5.69. The summed E-state index contributed by atoms with van der Waals surface area (Å²) in [4.78, 5) is 0. The van der Waals surface area contributed by atoms with Crippen LogP contribution in [0, 0.1) is 0 Å². The quantitative estimate of drug-likeness (QED) is 0.875. The number of hydrogen-bond donors (Lipinski definition) is 1. The first-order chi connectivity index (χ1) is 8.61. The molecule has 2 aromatic rings. The van der Waals surface area contributed by atoms with Crippen LogP contribution in [0.3, 0.4) is 0 Å². The van der Waals surface area contributed by atoms with E-state index < -0.39 is 0 Å². The molecule has 0 amide bonds. The molecule has 0 saturated carbocycles. The van der Waals surface area contributed by atoms with Crippen LogP contribution in [-0.2, 0) is 0 Å². The maximum absolute atomic E-state index is 6.29. The zero-order valence-electron chi connectivity index (χ0n) is 9.86. The Balaban J connectivity index is 2.37. The van der Waals surface area contributed by atoms with Crippen LogP contribution in [0.1, 0.15) is 17.2 Å². The lowest BCUT2D eigenvalue weighted by molar-refractivity contribution is 0.414. The normalized spacial score (nSPS) is 12.2. The van der Waals surface area contributed by atoms with Gasteiger partial charge >= 0.3 is 0 Å². The van der Waals surface area contributed by atoms with Gasteiger partial charge in [0.05, 0.1) is 13.2 Å². The van der Waals surface area contributed by atoms with Gasteiger partial charge in [-0.3, -0.25) is 0 Å². The first kappa shape index (κ1) is 13.6. The Morgan fingerprint density at radius 3 is 2.56 bits per heavy atom. The van der Waals surface area contributed by atoms with Gasteiger partial charge in [-0.15, -0.1) is 0 Å². The van der Waals surface area contributed by atoms with E-state index in [1.165, 1.54) is 0 Å². The molecular weight excluding hydrogens is 358 g/mol. The van der Waals surface area contributed by atoms with Crippen molar-refractivity contribution in [2.45, 2.75) is 6.04 Å². The van der Waals surface area contributed by atoms with E-state index in [4.69, 9.17) is 10.5 Å². The summed E-state index contributed by atoms with van der Waals surface area (Å²) in [5.41, 5.74) is 8.36. The van der Waals surface area contributed by atoms with Gasteiger partial charge < -0.3 is 10.5 Å². The highest BCUT2D eigenvalue weighted by molar-refractivity contribution is 9.11. The van der Waals surface area contributed by atoms with Crippen LogP contribution in [-0.4, -0.2) is 7.11 Å². The number of halogens is 2. The van der Waals surface area contributed by atoms with E-state index in [1.54, 1.807) is 7.11 Å². The largest absolute Gasteiger partial charge is 0.497 e. The highest BCUT2D eigenvalue weighted by Crippen LogP contribution is 2.30. The lowest BCUT2D eigenvalue weighted by Crippen LogP contribution is -2.12. The van der Waals surface area contributed by atoms with Gasteiger partial charge in [0.2, 0.25) is 0 Å². The monoisotopic (exact) mass is 369 g/mol. The Bertz CT molecular complexity index is 557. The first-order valence-corrected chi connectivity index (χ1v) is 7.05. The van der Waals surface area contributed by atoms with E-state index in [-0.39, 0.29) is 6.04 Å². The van der Waals surface area contributed by atoms with Gasteiger partial charge in [0.1, 0.15) is 5.75 Å². The molecule has 0 heterocycles. The minimum atomic E-state index is -0.178. The van der Waals surface area contributed by atoms with Crippen LogP contribution >= 0.6 is 31.9 Å². The average Bonchev–Trinajstić information content (AvgIpc) is 2.38. The molecule has 0 aliphatic rings. The third kappa shape index (κ3) is 2.94. The highest BCUT2D eigenvalue weighted by atomic mass is 79.9. The Labute approximate surface area is 123 Å². The third-order valence-corrected chi connectivity index (χ3v) is 3.93. The maximum Gasteiger partial charge on any atom is 0.119 e.